The molecule has 4 atom stereocenters. The van der Waals surface area contributed by atoms with Gasteiger partial charge in [-0.1, -0.05) is 18.2 Å². The minimum atomic E-state index is -1.11. The van der Waals surface area contributed by atoms with E-state index in [9.17, 15) is 14.0 Å². The van der Waals surface area contributed by atoms with Crippen molar-refractivity contribution in [3.05, 3.63) is 42.2 Å². The van der Waals surface area contributed by atoms with E-state index in [1.165, 1.54) is 18.2 Å². The van der Waals surface area contributed by atoms with Crippen LogP contribution in [0.15, 0.2) is 36.4 Å². The van der Waals surface area contributed by atoms with Crippen LogP contribution in [0.2, 0.25) is 0 Å². The SMILES string of the molecule is O=C1[C@@H]2[C@H]3C=C[C@@](C4OCCO4)(O3)[C@H]2C(=O)N1c1ccccc1F. The van der Waals surface area contributed by atoms with Crippen molar-refractivity contribution < 1.29 is 28.2 Å². The van der Waals surface area contributed by atoms with Gasteiger partial charge >= 0.3 is 0 Å². The quantitative estimate of drug-likeness (QED) is 0.598. The van der Waals surface area contributed by atoms with E-state index in [0.29, 0.717) is 13.2 Å². The van der Waals surface area contributed by atoms with E-state index in [-0.39, 0.29) is 5.69 Å². The van der Waals surface area contributed by atoms with Crippen LogP contribution in [0.3, 0.4) is 0 Å². The average molecular weight is 331 g/mol. The second-order valence-corrected chi connectivity index (χ2v) is 6.34. The molecule has 124 valence electrons. The molecule has 0 saturated carbocycles. The number of ether oxygens (including phenoxy) is 3. The molecule has 2 amide bonds. The third-order valence-corrected chi connectivity index (χ3v) is 5.16. The van der Waals surface area contributed by atoms with Crippen LogP contribution in [-0.4, -0.2) is 43.0 Å². The predicted molar refractivity (Wildman–Crippen MR) is 78.3 cm³/mol. The summed E-state index contributed by atoms with van der Waals surface area (Å²) in [4.78, 5) is 26.8. The summed E-state index contributed by atoms with van der Waals surface area (Å²) in [6, 6.07) is 5.76. The number of benzene rings is 1. The van der Waals surface area contributed by atoms with Crippen molar-refractivity contribution in [1.82, 2.24) is 0 Å². The van der Waals surface area contributed by atoms with Crippen molar-refractivity contribution in [2.45, 2.75) is 18.0 Å². The molecule has 0 radical (unpaired) electrons. The van der Waals surface area contributed by atoms with E-state index in [0.717, 1.165) is 4.90 Å². The number of imide groups is 1. The van der Waals surface area contributed by atoms with Gasteiger partial charge in [0.05, 0.1) is 36.8 Å². The zero-order valence-corrected chi connectivity index (χ0v) is 12.6. The molecule has 24 heavy (non-hydrogen) atoms. The number of hydrogen-bond donors (Lipinski definition) is 0. The van der Waals surface area contributed by atoms with Gasteiger partial charge in [0.15, 0.2) is 11.9 Å². The van der Waals surface area contributed by atoms with E-state index in [4.69, 9.17) is 14.2 Å². The fourth-order valence-electron chi connectivity index (χ4n) is 4.20. The normalized spacial score (nSPS) is 37.7. The number of para-hydroxylation sites is 1. The zero-order valence-electron chi connectivity index (χ0n) is 12.6. The number of carbonyl (C=O) groups excluding carboxylic acids is 2. The molecule has 4 aliphatic rings. The lowest BCUT2D eigenvalue weighted by atomic mass is 9.76. The lowest BCUT2D eigenvalue weighted by molar-refractivity contribution is -0.180. The first-order valence-electron chi connectivity index (χ1n) is 7.86. The third-order valence-electron chi connectivity index (χ3n) is 5.16. The van der Waals surface area contributed by atoms with Gasteiger partial charge in [0.25, 0.3) is 0 Å². The smallest absolute Gasteiger partial charge is 0.241 e. The van der Waals surface area contributed by atoms with E-state index in [1.807, 2.05) is 0 Å². The van der Waals surface area contributed by atoms with Crippen LogP contribution in [0.4, 0.5) is 10.1 Å². The molecule has 3 fully saturated rings. The molecule has 1 aromatic carbocycles. The lowest BCUT2D eigenvalue weighted by Gasteiger charge is -2.32. The molecule has 2 bridgehead atoms. The van der Waals surface area contributed by atoms with Crippen LogP contribution in [0, 0.1) is 17.7 Å². The molecule has 0 spiro atoms. The van der Waals surface area contributed by atoms with Gasteiger partial charge in [0.2, 0.25) is 11.8 Å². The van der Waals surface area contributed by atoms with Gasteiger partial charge in [0.1, 0.15) is 5.82 Å². The summed E-state index contributed by atoms with van der Waals surface area (Å²) < 4.78 is 31.2. The Hall–Kier alpha value is -2.09. The molecule has 4 heterocycles. The molecule has 5 rings (SSSR count). The molecule has 7 heteroatoms. The second-order valence-electron chi connectivity index (χ2n) is 6.34. The summed E-state index contributed by atoms with van der Waals surface area (Å²) in [5, 5.41) is 0. The van der Waals surface area contributed by atoms with E-state index in [1.54, 1.807) is 18.2 Å². The maximum atomic E-state index is 14.1. The van der Waals surface area contributed by atoms with E-state index < -0.39 is 47.5 Å². The van der Waals surface area contributed by atoms with Crippen molar-refractivity contribution >= 4 is 17.5 Å². The Morgan fingerprint density at radius 1 is 1.12 bits per heavy atom. The molecule has 0 aliphatic carbocycles. The largest absolute Gasteiger partial charge is 0.357 e. The van der Waals surface area contributed by atoms with Crippen molar-refractivity contribution in [2.75, 3.05) is 18.1 Å². The summed E-state index contributed by atoms with van der Waals surface area (Å²) >= 11 is 0. The predicted octanol–water partition coefficient (Wildman–Crippen LogP) is 1.01. The highest BCUT2D eigenvalue weighted by Crippen LogP contribution is 2.55. The van der Waals surface area contributed by atoms with Crippen LogP contribution in [0.5, 0.6) is 0 Å². The Morgan fingerprint density at radius 2 is 1.88 bits per heavy atom. The molecule has 6 nitrogen and oxygen atoms in total. The number of amides is 2. The summed E-state index contributed by atoms with van der Waals surface area (Å²) in [5.74, 6) is -2.95. The Balaban J connectivity index is 1.59. The van der Waals surface area contributed by atoms with Gasteiger partial charge in [-0.2, -0.15) is 0 Å². The third kappa shape index (κ3) is 1.59. The maximum Gasteiger partial charge on any atom is 0.241 e. The van der Waals surface area contributed by atoms with Crippen LogP contribution >= 0.6 is 0 Å². The van der Waals surface area contributed by atoms with Gasteiger partial charge in [0, 0.05) is 0 Å². The van der Waals surface area contributed by atoms with Crippen molar-refractivity contribution in [3.63, 3.8) is 0 Å². The first-order chi connectivity index (χ1) is 11.6. The molecule has 0 aromatic heterocycles. The Kier molecular flexibility index (Phi) is 2.81. The van der Waals surface area contributed by atoms with Crippen LogP contribution in [-0.2, 0) is 23.8 Å². The molecule has 3 saturated heterocycles. The van der Waals surface area contributed by atoms with Gasteiger partial charge < -0.3 is 14.2 Å². The Labute approximate surface area is 136 Å². The number of fused-ring (bicyclic) bond motifs is 5. The summed E-state index contributed by atoms with van der Waals surface area (Å²) in [6.45, 7) is 0.815. The highest BCUT2D eigenvalue weighted by atomic mass is 19.1. The number of anilines is 1. The lowest BCUT2D eigenvalue weighted by Crippen LogP contribution is -2.49. The number of nitrogens with zero attached hydrogens (tertiary/aromatic N) is 1. The van der Waals surface area contributed by atoms with Crippen LogP contribution in [0.25, 0.3) is 0 Å². The summed E-state index contributed by atoms with van der Waals surface area (Å²) in [7, 11) is 0. The van der Waals surface area contributed by atoms with Crippen LogP contribution < -0.4 is 4.90 Å². The first kappa shape index (κ1) is 14.3. The number of hydrogen-bond acceptors (Lipinski definition) is 5. The van der Waals surface area contributed by atoms with Gasteiger partial charge in [-0.25, -0.2) is 9.29 Å². The average Bonchev–Trinajstić information content (AvgIpc) is 3.33. The van der Waals surface area contributed by atoms with Gasteiger partial charge in [-0.15, -0.1) is 0 Å². The van der Waals surface area contributed by atoms with Crippen molar-refractivity contribution in [1.29, 1.82) is 0 Å². The highest BCUT2D eigenvalue weighted by Gasteiger charge is 2.71. The zero-order chi connectivity index (χ0) is 16.5. The van der Waals surface area contributed by atoms with Crippen molar-refractivity contribution in [2.24, 2.45) is 11.8 Å². The number of rotatable bonds is 2. The molecular formula is C17H14FNO5. The summed E-state index contributed by atoms with van der Waals surface area (Å²) in [5.41, 5.74) is -1.14. The standard InChI is InChI=1S/C17H14FNO5/c18-9-3-1-2-4-10(9)19-14(20)12-11-5-6-17(24-11,13(12)15(19)21)16-22-7-8-23-16/h1-6,11-13,16H,7-8H2/t11-,12-,13-,17-/m1/s1. The Bertz CT molecular complexity index is 774. The van der Waals surface area contributed by atoms with E-state index >= 15 is 0 Å². The number of halogens is 1. The van der Waals surface area contributed by atoms with E-state index in [2.05, 4.69) is 0 Å². The fraction of sp³-hybridized carbons (Fsp3) is 0.412. The summed E-state index contributed by atoms with van der Waals surface area (Å²) in [6.07, 6.45) is 2.27. The number of carbonyl (C=O) groups is 2. The molecule has 4 aliphatic heterocycles. The fourth-order valence-corrected chi connectivity index (χ4v) is 4.20. The monoisotopic (exact) mass is 331 g/mol. The first-order valence-corrected chi connectivity index (χ1v) is 7.86. The topological polar surface area (TPSA) is 65.1 Å². The maximum absolute atomic E-state index is 14.1. The van der Waals surface area contributed by atoms with Gasteiger partial charge in [-0.05, 0) is 18.2 Å². The van der Waals surface area contributed by atoms with Gasteiger partial charge in [-0.3, -0.25) is 9.59 Å². The molecule has 1 aromatic rings. The van der Waals surface area contributed by atoms with Crippen LogP contribution in [0.1, 0.15) is 0 Å². The molecular weight excluding hydrogens is 317 g/mol. The highest BCUT2D eigenvalue weighted by molar-refractivity contribution is 6.23. The van der Waals surface area contributed by atoms with Crippen molar-refractivity contribution in [3.8, 4) is 0 Å². The molecule has 0 N–H and O–H groups in total. The molecule has 0 unspecified atom stereocenters. The minimum Gasteiger partial charge on any atom is -0.357 e. The Morgan fingerprint density at radius 3 is 2.62 bits per heavy atom. The minimum absolute atomic E-state index is 0.0234. The second kappa shape index (κ2) is 4.72.